The highest BCUT2D eigenvalue weighted by Gasteiger charge is 2.34. The van der Waals surface area contributed by atoms with E-state index in [1.165, 1.54) is 4.90 Å². The molecule has 4 aromatic rings. The SMILES string of the molecule is COc1cccc2cc3cccc(OC)c3c(OCCCCN3C(=O)c4ccccc4C3=O)c12. The average Bonchev–Trinajstić information content (AvgIpc) is 3.11. The summed E-state index contributed by atoms with van der Waals surface area (Å²) < 4.78 is 17.6. The lowest BCUT2D eigenvalue weighted by Crippen LogP contribution is -2.30. The Hall–Kier alpha value is -4.06. The lowest BCUT2D eigenvalue weighted by atomic mass is 10.0. The molecule has 2 amide bonds. The Morgan fingerprint density at radius 3 is 1.79 bits per heavy atom. The Bertz CT molecular complexity index is 1310. The molecule has 0 saturated heterocycles. The largest absolute Gasteiger partial charge is 0.496 e. The normalized spacial score (nSPS) is 12.9. The molecule has 0 atom stereocenters. The number of nitrogens with zero attached hydrogens (tertiary/aromatic N) is 1. The molecule has 4 aromatic carbocycles. The third-order valence-corrected chi connectivity index (χ3v) is 6.22. The predicted octanol–water partition coefficient (Wildman–Crippen LogP) is 5.47. The van der Waals surface area contributed by atoms with Crippen molar-refractivity contribution < 1.29 is 23.8 Å². The van der Waals surface area contributed by atoms with Gasteiger partial charge in [-0.2, -0.15) is 0 Å². The lowest BCUT2D eigenvalue weighted by molar-refractivity contribution is 0.0649. The molecule has 34 heavy (non-hydrogen) atoms. The molecule has 6 nitrogen and oxygen atoms in total. The fraction of sp³-hybridized carbons (Fsp3) is 0.214. The summed E-state index contributed by atoms with van der Waals surface area (Å²) >= 11 is 0. The zero-order chi connectivity index (χ0) is 23.7. The minimum atomic E-state index is -0.226. The van der Waals surface area contributed by atoms with E-state index in [1.54, 1.807) is 38.5 Å². The zero-order valence-electron chi connectivity index (χ0n) is 19.2. The molecule has 0 aliphatic carbocycles. The van der Waals surface area contributed by atoms with Gasteiger partial charge in [0.2, 0.25) is 0 Å². The van der Waals surface area contributed by atoms with Gasteiger partial charge in [-0.25, -0.2) is 0 Å². The number of amides is 2. The van der Waals surface area contributed by atoms with Crippen molar-refractivity contribution in [3.63, 3.8) is 0 Å². The first-order chi connectivity index (χ1) is 16.6. The van der Waals surface area contributed by atoms with Crippen LogP contribution in [0.5, 0.6) is 17.2 Å². The number of unbranched alkanes of at least 4 members (excludes halogenated alkanes) is 1. The summed E-state index contributed by atoms with van der Waals surface area (Å²) in [6.07, 6.45) is 1.32. The van der Waals surface area contributed by atoms with Crippen LogP contribution in [0.25, 0.3) is 21.5 Å². The van der Waals surface area contributed by atoms with E-state index in [-0.39, 0.29) is 11.8 Å². The van der Waals surface area contributed by atoms with Crippen molar-refractivity contribution in [2.75, 3.05) is 27.4 Å². The van der Waals surface area contributed by atoms with Crippen LogP contribution in [0.2, 0.25) is 0 Å². The average molecular weight is 456 g/mol. The molecule has 0 saturated carbocycles. The topological polar surface area (TPSA) is 65.1 Å². The minimum absolute atomic E-state index is 0.226. The number of hydrogen-bond acceptors (Lipinski definition) is 5. The summed E-state index contributed by atoms with van der Waals surface area (Å²) in [4.78, 5) is 26.5. The Balaban J connectivity index is 1.36. The third kappa shape index (κ3) is 3.61. The molecule has 6 heteroatoms. The van der Waals surface area contributed by atoms with Crippen LogP contribution in [0, 0.1) is 0 Å². The van der Waals surface area contributed by atoms with Gasteiger partial charge in [0.15, 0.2) is 0 Å². The Morgan fingerprint density at radius 2 is 1.26 bits per heavy atom. The van der Waals surface area contributed by atoms with Gasteiger partial charge in [-0.3, -0.25) is 14.5 Å². The first-order valence-corrected chi connectivity index (χ1v) is 11.3. The number of imide groups is 1. The van der Waals surface area contributed by atoms with Crippen LogP contribution in [0.4, 0.5) is 0 Å². The van der Waals surface area contributed by atoms with Crippen LogP contribution in [-0.4, -0.2) is 44.1 Å². The molecular weight excluding hydrogens is 430 g/mol. The smallest absolute Gasteiger partial charge is 0.261 e. The number of fused-ring (bicyclic) bond motifs is 3. The molecule has 0 N–H and O–H groups in total. The summed E-state index contributed by atoms with van der Waals surface area (Å²) in [5.41, 5.74) is 0.954. The summed E-state index contributed by atoms with van der Waals surface area (Å²) in [6.45, 7) is 0.784. The maximum Gasteiger partial charge on any atom is 0.261 e. The molecule has 0 radical (unpaired) electrons. The van der Waals surface area contributed by atoms with Crippen molar-refractivity contribution in [2.24, 2.45) is 0 Å². The third-order valence-electron chi connectivity index (χ3n) is 6.22. The fourth-order valence-corrected chi connectivity index (χ4v) is 4.59. The second-order valence-electron chi connectivity index (χ2n) is 8.19. The maximum absolute atomic E-state index is 12.6. The number of hydrogen-bond donors (Lipinski definition) is 0. The van der Waals surface area contributed by atoms with Gasteiger partial charge in [-0.15, -0.1) is 0 Å². The first-order valence-electron chi connectivity index (χ1n) is 11.3. The van der Waals surface area contributed by atoms with Crippen LogP contribution in [0.15, 0.2) is 66.7 Å². The summed E-state index contributed by atoms with van der Waals surface area (Å²) in [5.74, 6) is 1.72. The van der Waals surface area contributed by atoms with Crippen LogP contribution in [0.3, 0.4) is 0 Å². The number of benzene rings is 4. The summed E-state index contributed by atoms with van der Waals surface area (Å²) in [5, 5.41) is 3.81. The Labute approximate surface area is 197 Å². The fourth-order valence-electron chi connectivity index (χ4n) is 4.59. The summed E-state index contributed by atoms with van der Waals surface area (Å²) in [6, 6.07) is 20.9. The van der Waals surface area contributed by atoms with E-state index in [1.807, 2.05) is 36.4 Å². The van der Waals surface area contributed by atoms with Gasteiger partial charge < -0.3 is 14.2 Å². The quantitative estimate of drug-likeness (QED) is 0.200. The van der Waals surface area contributed by atoms with Gasteiger partial charge in [0.25, 0.3) is 11.8 Å². The van der Waals surface area contributed by atoms with Crippen molar-refractivity contribution in [1.29, 1.82) is 0 Å². The van der Waals surface area contributed by atoms with Gasteiger partial charge >= 0.3 is 0 Å². The highest BCUT2D eigenvalue weighted by atomic mass is 16.5. The van der Waals surface area contributed by atoms with Crippen molar-refractivity contribution >= 4 is 33.4 Å². The van der Waals surface area contributed by atoms with Gasteiger partial charge in [-0.1, -0.05) is 36.4 Å². The van der Waals surface area contributed by atoms with Gasteiger partial charge in [0.05, 0.1) is 42.7 Å². The first kappa shape index (κ1) is 21.8. The van der Waals surface area contributed by atoms with E-state index in [4.69, 9.17) is 14.2 Å². The van der Waals surface area contributed by atoms with E-state index in [2.05, 4.69) is 6.07 Å². The molecule has 0 fully saturated rings. The molecular formula is C28H25NO5. The second kappa shape index (κ2) is 9.06. The molecule has 0 spiro atoms. The molecule has 0 unspecified atom stereocenters. The molecule has 5 rings (SSSR count). The highest BCUT2D eigenvalue weighted by Crippen LogP contribution is 2.43. The van der Waals surface area contributed by atoms with E-state index >= 15 is 0 Å². The molecule has 0 bridgehead atoms. The maximum atomic E-state index is 12.6. The van der Waals surface area contributed by atoms with E-state index in [0.29, 0.717) is 42.9 Å². The Morgan fingerprint density at radius 1 is 0.706 bits per heavy atom. The standard InChI is InChI=1S/C28H25NO5/c1-32-22-13-7-9-18-17-19-10-8-14-23(33-2)25(19)26(24(18)22)34-16-6-5-15-29-27(30)20-11-3-4-12-21(20)28(29)31/h3-4,7-14,17H,5-6,15-16H2,1-2H3. The van der Waals surface area contributed by atoms with E-state index in [9.17, 15) is 9.59 Å². The monoisotopic (exact) mass is 455 g/mol. The number of methoxy groups -OCH3 is 2. The van der Waals surface area contributed by atoms with Crippen molar-refractivity contribution in [1.82, 2.24) is 4.90 Å². The molecule has 0 aromatic heterocycles. The van der Waals surface area contributed by atoms with E-state index in [0.717, 1.165) is 33.0 Å². The van der Waals surface area contributed by atoms with Crippen molar-refractivity contribution in [2.45, 2.75) is 12.8 Å². The van der Waals surface area contributed by atoms with E-state index < -0.39 is 0 Å². The van der Waals surface area contributed by atoms with Crippen molar-refractivity contribution in [3.05, 3.63) is 77.9 Å². The number of ether oxygens (including phenoxy) is 3. The number of carbonyl (C=O) groups is 2. The van der Waals surface area contributed by atoms with Gasteiger partial charge in [0.1, 0.15) is 17.2 Å². The molecule has 1 aliphatic heterocycles. The van der Waals surface area contributed by atoms with Crippen LogP contribution >= 0.6 is 0 Å². The lowest BCUT2D eigenvalue weighted by Gasteiger charge is -2.18. The van der Waals surface area contributed by atoms with Crippen molar-refractivity contribution in [3.8, 4) is 17.2 Å². The predicted molar refractivity (Wildman–Crippen MR) is 131 cm³/mol. The van der Waals surface area contributed by atoms with Crippen LogP contribution in [0.1, 0.15) is 33.6 Å². The highest BCUT2D eigenvalue weighted by molar-refractivity contribution is 6.21. The molecule has 1 aliphatic rings. The minimum Gasteiger partial charge on any atom is -0.496 e. The summed E-state index contributed by atoms with van der Waals surface area (Å²) in [7, 11) is 3.29. The van der Waals surface area contributed by atoms with Crippen LogP contribution < -0.4 is 14.2 Å². The zero-order valence-corrected chi connectivity index (χ0v) is 19.2. The molecule has 1 heterocycles. The van der Waals surface area contributed by atoms with Crippen LogP contribution in [-0.2, 0) is 0 Å². The van der Waals surface area contributed by atoms with Gasteiger partial charge in [0, 0.05) is 6.54 Å². The number of rotatable bonds is 8. The Kier molecular flexibility index (Phi) is 5.80. The second-order valence-corrected chi connectivity index (χ2v) is 8.19. The van der Waals surface area contributed by atoms with Gasteiger partial charge in [-0.05, 0) is 53.9 Å². The number of carbonyl (C=O) groups excluding carboxylic acids is 2. The molecule has 172 valence electrons.